The van der Waals surface area contributed by atoms with Crippen LogP contribution >= 0.6 is 23.4 Å². The second-order valence-corrected chi connectivity index (χ2v) is 9.61. The first-order valence-electron chi connectivity index (χ1n) is 10.7. The van der Waals surface area contributed by atoms with Gasteiger partial charge in [0.2, 0.25) is 5.91 Å². The lowest BCUT2D eigenvalue weighted by Gasteiger charge is -2.14. The summed E-state index contributed by atoms with van der Waals surface area (Å²) in [5.74, 6) is 0.469. The van der Waals surface area contributed by atoms with E-state index in [1.54, 1.807) is 24.3 Å². The van der Waals surface area contributed by atoms with Crippen molar-refractivity contribution in [3.63, 3.8) is 0 Å². The molecule has 0 spiro atoms. The van der Waals surface area contributed by atoms with E-state index in [0.29, 0.717) is 27.3 Å². The van der Waals surface area contributed by atoms with Gasteiger partial charge in [0.05, 0.1) is 5.25 Å². The maximum absolute atomic E-state index is 12.9. The Morgan fingerprint density at radius 2 is 1.59 bits per heavy atom. The van der Waals surface area contributed by atoms with Gasteiger partial charge in [-0.3, -0.25) is 14.2 Å². The molecule has 3 aromatic carbocycles. The van der Waals surface area contributed by atoms with Gasteiger partial charge in [0.25, 0.3) is 0 Å². The molecule has 0 fully saturated rings. The summed E-state index contributed by atoms with van der Waals surface area (Å²) in [7, 11) is 0. The Morgan fingerprint density at radius 3 is 2.21 bits per heavy atom. The highest BCUT2D eigenvalue weighted by Crippen LogP contribution is 2.31. The quantitative estimate of drug-likeness (QED) is 0.246. The molecule has 0 aliphatic rings. The molecule has 0 aliphatic heterocycles. The van der Waals surface area contributed by atoms with Gasteiger partial charge in [-0.2, -0.15) is 0 Å². The summed E-state index contributed by atoms with van der Waals surface area (Å²) in [5, 5.41) is 12.5. The first kappa shape index (κ1) is 23.7. The number of thioether (sulfide) groups is 1. The van der Waals surface area contributed by atoms with Crippen LogP contribution in [-0.4, -0.2) is 31.7 Å². The van der Waals surface area contributed by atoms with Gasteiger partial charge < -0.3 is 5.32 Å². The van der Waals surface area contributed by atoms with Crippen LogP contribution in [0.1, 0.15) is 29.8 Å². The molecule has 0 saturated heterocycles. The zero-order valence-electron chi connectivity index (χ0n) is 18.9. The molecular weight excluding hydrogens is 468 g/mol. The van der Waals surface area contributed by atoms with E-state index in [4.69, 9.17) is 11.6 Å². The summed E-state index contributed by atoms with van der Waals surface area (Å²) in [6, 6.07) is 22.3. The Hall–Kier alpha value is -3.42. The van der Waals surface area contributed by atoms with Crippen LogP contribution in [0.25, 0.3) is 17.1 Å². The fourth-order valence-corrected chi connectivity index (χ4v) is 4.30. The summed E-state index contributed by atoms with van der Waals surface area (Å²) in [6.07, 6.45) is 0. The highest BCUT2D eigenvalue weighted by Gasteiger charge is 2.22. The van der Waals surface area contributed by atoms with Gasteiger partial charge in [0.15, 0.2) is 16.8 Å². The number of hydrogen-bond donors (Lipinski definition) is 1. The van der Waals surface area contributed by atoms with Crippen LogP contribution in [0.5, 0.6) is 0 Å². The van der Waals surface area contributed by atoms with E-state index in [9.17, 15) is 9.59 Å². The standard InChI is InChI=1S/C26H23ClN4O2S/c1-16-4-14-23(15-5-16)31-24(20-6-10-21(27)11-7-20)29-30-26(31)34-18(3)25(33)28-22-12-8-19(9-13-22)17(2)32/h4-15,18H,1-3H3,(H,28,33). The predicted octanol–water partition coefficient (Wildman–Crippen LogP) is 6.22. The summed E-state index contributed by atoms with van der Waals surface area (Å²) in [4.78, 5) is 24.3. The largest absolute Gasteiger partial charge is 0.325 e. The van der Waals surface area contributed by atoms with Gasteiger partial charge in [-0.1, -0.05) is 41.1 Å². The summed E-state index contributed by atoms with van der Waals surface area (Å²) in [6.45, 7) is 5.36. The van der Waals surface area contributed by atoms with Crippen LogP contribution in [0.3, 0.4) is 0 Å². The average molecular weight is 491 g/mol. The molecule has 1 atom stereocenters. The number of carbonyl (C=O) groups excluding carboxylic acids is 2. The molecule has 34 heavy (non-hydrogen) atoms. The van der Waals surface area contributed by atoms with Crippen molar-refractivity contribution in [2.75, 3.05) is 5.32 Å². The van der Waals surface area contributed by atoms with Crippen LogP contribution < -0.4 is 5.32 Å². The second-order valence-electron chi connectivity index (χ2n) is 7.87. The van der Waals surface area contributed by atoms with Crippen molar-refractivity contribution in [3.8, 4) is 17.1 Å². The molecule has 4 rings (SSSR count). The number of carbonyl (C=O) groups is 2. The molecule has 0 bridgehead atoms. The molecule has 6 nitrogen and oxygen atoms in total. The zero-order chi connectivity index (χ0) is 24.2. The smallest absolute Gasteiger partial charge is 0.237 e. The van der Waals surface area contributed by atoms with E-state index in [0.717, 1.165) is 16.8 Å². The average Bonchev–Trinajstić information content (AvgIpc) is 3.23. The van der Waals surface area contributed by atoms with Crippen molar-refractivity contribution in [1.29, 1.82) is 0 Å². The minimum Gasteiger partial charge on any atom is -0.325 e. The number of anilines is 1. The number of rotatable bonds is 7. The van der Waals surface area contributed by atoms with Gasteiger partial charge in [-0.05, 0) is 81.4 Å². The van der Waals surface area contributed by atoms with Crippen LogP contribution in [0.15, 0.2) is 78.0 Å². The minimum atomic E-state index is -0.445. The molecule has 0 saturated carbocycles. The van der Waals surface area contributed by atoms with Gasteiger partial charge in [-0.25, -0.2) is 0 Å². The van der Waals surface area contributed by atoms with Crippen LogP contribution in [0.4, 0.5) is 5.69 Å². The van der Waals surface area contributed by atoms with Gasteiger partial charge in [0, 0.05) is 27.5 Å². The SMILES string of the molecule is CC(=O)c1ccc(NC(=O)C(C)Sc2nnc(-c3ccc(Cl)cc3)n2-c2ccc(C)cc2)cc1. The third kappa shape index (κ3) is 5.38. The highest BCUT2D eigenvalue weighted by molar-refractivity contribution is 8.00. The molecule has 8 heteroatoms. The number of hydrogen-bond acceptors (Lipinski definition) is 5. The number of nitrogens with zero attached hydrogens (tertiary/aromatic N) is 3. The van der Waals surface area contributed by atoms with Gasteiger partial charge in [0.1, 0.15) is 0 Å². The molecule has 4 aromatic rings. The molecule has 1 unspecified atom stereocenters. The molecule has 0 radical (unpaired) electrons. The molecule has 1 heterocycles. The summed E-state index contributed by atoms with van der Waals surface area (Å²) >= 11 is 7.39. The maximum atomic E-state index is 12.9. The lowest BCUT2D eigenvalue weighted by atomic mass is 10.1. The summed E-state index contributed by atoms with van der Waals surface area (Å²) < 4.78 is 1.94. The van der Waals surface area contributed by atoms with Crippen molar-refractivity contribution in [2.24, 2.45) is 0 Å². The Bertz CT molecular complexity index is 1320. The normalized spacial score (nSPS) is 11.8. The fourth-order valence-electron chi connectivity index (χ4n) is 3.30. The predicted molar refractivity (Wildman–Crippen MR) is 137 cm³/mol. The highest BCUT2D eigenvalue weighted by atomic mass is 35.5. The van der Waals surface area contributed by atoms with E-state index in [-0.39, 0.29) is 11.7 Å². The van der Waals surface area contributed by atoms with Crippen LogP contribution in [-0.2, 0) is 4.79 Å². The monoisotopic (exact) mass is 490 g/mol. The van der Waals surface area contributed by atoms with Crippen molar-refractivity contribution in [3.05, 3.63) is 88.9 Å². The topological polar surface area (TPSA) is 76.9 Å². The van der Waals surface area contributed by atoms with Crippen molar-refractivity contribution in [2.45, 2.75) is 31.2 Å². The van der Waals surface area contributed by atoms with E-state index in [1.165, 1.54) is 18.7 Å². The first-order valence-corrected chi connectivity index (χ1v) is 11.9. The minimum absolute atomic E-state index is 0.0197. The number of aryl methyl sites for hydroxylation is 1. The molecule has 1 amide bonds. The van der Waals surface area contributed by atoms with Crippen LogP contribution in [0, 0.1) is 6.92 Å². The van der Waals surface area contributed by atoms with Gasteiger partial charge >= 0.3 is 0 Å². The van der Waals surface area contributed by atoms with E-state index >= 15 is 0 Å². The zero-order valence-corrected chi connectivity index (χ0v) is 20.5. The number of nitrogens with one attached hydrogen (secondary N) is 1. The van der Waals surface area contributed by atoms with E-state index in [2.05, 4.69) is 15.5 Å². The summed E-state index contributed by atoms with van der Waals surface area (Å²) in [5.41, 5.74) is 4.13. The molecular formula is C26H23ClN4O2S. The lowest BCUT2D eigenvalue weighted by molar-refractivity contribution is -0.115. The Morgan fingerprint density at radius 1 is 0.941 bits per heavy atom. The van der Waals surface area contributed by atoms with Crippen molar-refractivity contribution < 1.29 is 9.59 Å². The number of amides is 1. The van der Waals surface area contributed by atoms with Crippen LogP contribution in [0.2, 0.25) is 5.02 Å². The molecule has 1 N–H and O–H groups in total. The number of benzene rings is 3. The Kier molecular flexibility index (Phi) is 7.14. The van der Waals surface area contributed by atoms with Gasteiger partial charge in [-0.15, -0.1) is 10.2 Å². The van der Waals surface area contributed by atoms with E-state index in [1.807, 2.05) is 66.9 Å². The number of Topliss-reactive ketones (excluding diaryl/α,β-unsaturated/α-hetero) is 1. The Labute approximate surface area is 207 Å². The molecule has 0 aliphatic carbocycles. The third-order valence-electron chi connectivity index (χ3n) is 5.24. The van der Waals surface area contributed by atoms with Crippen molar-refractivity contribution >= 4 is 40.7 Å². The first-order chi connectivity index (χ1) is 16.3. The van der Waals surface area contributed by atoms with Crippen molar-refractivity contribution in [1.82, 2.24) is 14.8 Å². The number of ketones is 1. The molecule has 172 valence electrons. The number of aromatic nitrogens is 3. The number of halogens is 1. The van der Waals surface area contributed by atoms with E-state index < -0.39 is 5.25 Å². The maximum Gasteiger partial charge on any atom is 0.237 e. The fraction of sp³-hybridized carbons (Fsp3) is 0.154. The second kappa shape index (κ2) is 10.2. The molecule has 1 aromatic heterocycles. The lowest BCUT2D eigenvalue weighted by Crippen LogP contribution is -2.23. The Balaban J connectivity index is 1.60. The third-order valence-corrected chi connectivity index (χ3v) is 6.53.